The zero-order chi connectivity index (χ0) is 19.4. The standard InChI is InChI=1S/C20H24N2O4S/c1-4-22(27(23,24)19-11-9-17(25-3)10-12-19)14-18-13-20(21-26-18)16-7-5-15(2)6-8-16/h5-12,18H,4,13-14H2,1-3H3/t18-/m0/s1. The fraction of sp³-hybridized carbons (Fsp3) is 0.350. The van der Waals surface area contributed by atoms with E-state index in [1.807, 2.05) is 38.1 Å². The Kier molecular flexibility index (Phi) is 5.82. The van der Waals surface area contributed by atoms with Gasteiger partial charge in [0.25, 0.3) is 0 Å². The molecule has 0 N–H and O–H groups in total. The first kappa shape index (κ1) is 19.4. The number of sulfonamides is 1. The smallest absolute Gasteiger partial charge is 0.243 e. The predicted molar refractivity (Wildman–Crippen MR) is 105 cm³/mol. The summed E-state index contributed by atoms with van der Waals surface area (Å²) < 4.78 is 32.4. The van der Waals surface area contributed by atoms with Gasteiger partial charge >= 0.3 is 0 Å². The van der Waals surface area contributed by atoms with Crippen LogP contribution in [-0.4, -0.2) is 44.7 Å². The van der Waals surface area contributed by atoms with Gasteiger partial charge in [-0.05, 0) is 36.8 Å². The van der Waals surface area contributed by atoms with Crippen LogP contribution in [0.2, 0.25) is 0 Å². The molecule has 7 heteroatoms. The normalized spacial score (nSPS) is 16.9. The number of ether oxygens (including phenoxy) is 1. The van der Waals surface area contributed by atoms with E-state index in [2.05, 4.69) is 5.16 Å². The Morgan fingerprint density at radius 1 is 1.15 bits per heavy atom. The summed E-state index contributed by atoms with van der Waals surface area (Å²) >= 11 is 0. The predicted octanol–water partition coefficient (Wildman–Crippen LogP) is 3.21. The molecular formula is C20H24N2O4S. The molecule has 0 fully saturated rings. The molecule has 0 spiro atoms. The first-order valence-corrected chi connectivity index (χ1v) is 10.3. The number of aryl methyl sites for hydroxylation is 1. The molecule has 1 aliphatic heterocycles. The highest BCUT2D eigenvalue weighted by Gasteiger charge is 2.30. The van der Waals surface area contributed by atoms with Crippen molar-refractivity contribution in [2.75, 3.05) is 20.2 Å². The highest BCUT2D eigenvalue weighted by atomic mass is 32.2. The lowest BCUT2D eigenvalue weighted by Crippen LogP contribution is -2.37. The molecule has 6 nitrogen and oxygen atoms in total. The van der Waals surface area contributed by atoms with Gasteiger partial charge in [0.2, 0.25) is 10.0 Å². The molecule has 1 atom stereocenters. The van der Waals surface area contributed by atoms with Gasteiger partial charge in [0.05, 0.1) is 24.3 Å². The van der Waals surface area contributed by atoms with E-state index in [1.165, 1.54) is 9.87 Å². The van der Waals surface area contributed by atoms with Crippen LogP contribution in [0.1, 0.15) is 24.5 Å². The van der Waals surface area contributed by atoms with Crippen molar-refractivity contribution < 1.29 is 18.0 Å². The van der Waals surface area contributed by atoms with Gasteiger partial charge in [0.1, 0.15) is 11.9 Å². The lowest BCUT2D eigenvalue weighted by Gasteiger charge is -2.22. The molecular weight excluding hydrogens is 364 g/mol. The Morgan fingerprint density at radius 3 is 2.41 bits per heavy atom. The Hall–Kier alpha value is -2.38. The quantitative estimate of drug-likeness (QED) is 0.730. The Labute approximate surface area is 160 Å². The molecule has 1 aliphatic rings. The monoisotopic (exact) mass is 388 g/mol. The molecule has 144 valence electrons. The largest absolute Gasteiger partial charge is 0.497 e. The third-order valence-corrected chi connectivity index (χ3v) is 6.53. The first-order valence-electron chi connectivity index (χ1n) is 8.88. The molecule has 0 radical (unpaired) electrons. The van der Waals surface area contributed by atoms with E-state index < -0.39 is 10.0 Å². The van der Waals surface area contributed by atoms with E-state index in [0.717, 1.165) is 11.3 Å². The van der Waals surface area contributed by atoms with E-state index in [4.69, 9.17) is 9.57 Å². The summed E-state index contributed by atoms with van der Waals surface area (Å²) in [5.41, 5.74) is 3.03. The zero-order valence-electron chi connectivity index (χ0n) is 15.8. The van der Waals surface area contributed by atoms with E-state index in [-0.39, 0.29) is 17.5 Å². The van der Waals surface area contributed by atoms with Gasteiger partial charge in [0.15, 0.2) is 0 Å². The molecule has 1 heterocycles. The number of methoxy groups -OCH3 is 1. The van der Waals surface area contributed by atoms with Crippen LogP contribution in [0, 0.1) is 6.92 Å². The third-order valence-electron chi connectivity index (χ3n) is 4.57. The fourth-order valence-corrected chi connectivity index (χ4v) is 4.44. The molecule has 2 aromatic rings. The van der Waals surface area contributed by atoms with Crippen molar-refractivity contribution in [2.24, 2.45) is 5.16 Å². The maximum atomic E-state index is 12.9. The van der Waals surface area contributed by atoms with Crippen LogP contribution in [0.4, 0.5) is 0 Å². The summed E-state index contributed by atoms with van der Waals surface area (Å²) in [6.45, 7) is 4.46. The number of hydrogen-bond donors (Lipinski definition) is 0. The Morgan fingerprint density at radius 2 is 1.81 bits per heavy atom. The molecule has 0 bridgehead atoms. The van der Waals surface area contributed by atoms with Crippen molar-refractivity contribution in [1.29, 1.82) is 0 Å². The fourth-order valence-electron chi connectivity index (χ4n) is 2.96. The van der Waals surface area contributed by atoms with E-state index in [1.54, 1.807) is 31.4 Å². The van der Waals surface area contributed by atoms with Gasteiger partial charge < -0.3 is 9.57 Å². The topological polar surface area (TPSA) is 68.2 Å². The summed E-state index contributed by atoms with van der Waals surface area (Å²) in [5.74, 6) is 0.618. The number of rotatable bonds is 7. The van der Waals surface area contributed by atoms with Gasteiger partial charge in [0, 0.05) is 13.0 Å². The van der Waals surface area contributed by atoms with Crippen molar-refractivity contribution in [1.82, 2.24) is 4.31 Å². The van der Waals surface area contributed by atoms with Gasteiger partial charge in [-0.25, -0.2) is 8.42 Å². The van der Waals surface area contributed by atoms with Crippen molar-refractivity contribution in [3.8, 4) is 5.75 Å². The molecule has 0 saturated carbocycles. The molecule has 3 rings (SSSR count). The molecule has 0 amide bonds. The molecule has 0 unspecified atom stereocenters. The molecule has 2 aromatic carbocycles. The highest BCUT2D eigenvalue weighted by molar-refractivity contribution is 7.89. The van der Waals surface area contributed by atoms with Gasteiger partial charge in [-0.2, -0.15) is 4.31 Å². The lowest BCUT2D eigenvalue weighted by molar-refractivity contribution is 0.0712. The zero-order valence-corrected chi connectivity index (χ0v) is 16.6. The van der Waals surface area contributed by atoms with Gasteiger partial charge in [-0.3, -0.25) is 0 Å². The van der Waals surface area contributed by atoms with Crippen LogP contribution in [0.3, 0.4) is 0 Å². The average Bonchev–Trinajstić information content (AvgIpc) is 3.15. The number of hydrogen-bond acceptors (Lipinski definition) is 5. The summed E-state index contributed by atoms with van der Waals surface area (Å²) in [6, 6.07) is 14.5. The minimum Gasteiger partial charge on any atom is -0.497 e. The van der Waals surface area contributed by atoms with Gasteiger partial charge in [-0.15, -0.1) is 0 Å². The third kappa shape index (κ3) is 4.31. The second-order valence-corrected chi connectivity index (χ2v) is 8.40. The van der Waals surface area contributed by atoms with Crippen molar-refractivity contribution in [3.63, 3.8) is 0 Å². The second kappa shape index (κ2) is 8.10. The summed E-state index contributed by atoms with van der Waals surface area (Å²) in [7, 11) is -2.06. The van der Waals surface area contributed by atoms with Crippen LogP contribution in [-0.2, 0) is 14.9 Å². The maximum Gasteiger partial charge on any atom is 0.243 e. The first-order chi connectivity index (χ1) is 12.9. The van der Waals surface area contributed by atoms with E-state index in [9.17, 15) is 8.42 Å². The Balaban J connectivity index is 1.69. The number of benzene rings is 2. The maximum absolute atomic E-state index is 12.9. The summed E-state index contributed by atoms with van der Waals surface area (Å²) in [4.78, 5) is 5.75. The van der Waals surface area contributed by atoms with Crippen molar-refractivity contribution in [3.05, 3.63) is 59.7 Å². The van der Waals surface area contributed by atoms with E-state index >= 15 is 0 Å². The van der Waals surface area contributed by atoms with Crippen LogP contribution in [0.15, 0.2) is 58.6 Å². The molecule has 0 aromatic heterocycles. The Bertz CT molecular complexity index is 906. The van der Waals surface area contributed by atoms with Crippen LogP contribution in [0.5, 0.6) is 5.75 Å². The average molecular weight is 388 g/mol. The minimum atomic E-state index is -3.60. The SMILES string of the molecule is CCN(C[C@@H]1CC(c2ccc(C)cc2)=NO1)S(=O)(=O)c1ccc(OC)cc1. The molecule has 27 heavy (non-hydrogen) atoms. The van der Waals surface area contributed by atoms with Gasteiger partial charge in [-0.1, -0.05) is 41.9 Å². The van der Waals surface area contributed by atoms with Crippen LogP contribution in [0.25, 0.3) is 0 Å². The lowest BCUT2D eigenvalue weighted by atomic mass is 10.0. The van der Waals surface area contributed by atoms with Crippen molar-refractivity contribution in [2.45, 2.75) is 31.3 Å². The minimum absolute atomic E-state index is 0.239. The number of nitrogens with zero attached hydrogens (tertiary/aromatic N) is 2. The van der Waals surface area contributed by atoms with E-state index in [0.29, 0.717) is 18.7 Å². The van der Waals surface area contributed by atoms with Crippen LogP contribution >= 0.6 is 0 Å². The second-order valence-electron chi connectivity index (χ2n) is 6.47. The van der Waals surface area contributed by atoms with Crippen LogP contribution < -0.4 is 4.74 Å². The number of oxime groups is 1. The highest BCUT2D eigenvalue weighted by Crippen LogP contribution is 2.23. The summed E-state index contributed by atoms with van der Waals surface area (Å²) in [6.07, 6.45) is 0.284. The molecule has 0 saturated heterocycles. The number of likely N-dealkylation sites (N-methyl/N-ethyl adjacent to an activating group) is 1. The van der Waals surface area contributed by atoms with Crippen molar-refractivity contribution >= 4 is 15.7 Å². The summed E-state index contributed by atoms with van der Waals surface area (Å²) in [5, 5.41) is 4.16. The molecule has 0 aliphatic carbocycles.